The van der Waals surface area contributed by atoms with Crippen molar-refractivity contribution >= 4 is 28.9 Å². The number of ether oxygens (including phenoxy) is 1. The minimum atomic E-state index is -0.450. The van der Waals surface area contributed by atoms with Crippen molar-refractivity contribution < 1.29 is 9.53 Å². The van der Waals surface area contributed by atoms with E-state index in [9.17, 15) is 4.79 Å². The van der Waals surface area contributed by atoms with Crippen LogP contribution in [0.2, 0.25) is 4.34 Å². The molecule has 1 unspecified atom stereocenters. The van der Waals surface area contributed by atoms with Gasteiger partial charge < -0.3 is 10.1 Å². The van der Waals surface area contributed by atoms with Crippen molar-refractivity contribution in [3.05, 3.63) is 32.7 Å². The Kier molecular flexibility index (Phi) is 4.23. The highest BCUT2D eigenvalue weighted by Crippen LogP contribution is 2.28. The van der Waals surface area contributed by atoms with Gasteiger partial charge in [-0.3, -0.25) is 0 Å². The average Bonchev–Trinajstić information content (AvgIpc) is 3.19. The second-order valence-electron chi connectivity index (χ2n) is 4.83. The molecule has 0 spiro atoms. The Morgan fingerprint density at radius 3 is 3.10 bits per heavy atom. The summed E-state index contributed by atoms with van der Waals surface area (Å²) in [4.78, 5) is 12.9. The van der Waals surface area contributed by atoms with E-state index in [-0.39, 0.29) is 6.04 Å². The minimum absolute atomic E-state index is 0.0875. The fourth-order valence-electron chi connectivity index (χ4n) is 2.53. The molecule has 0 radical (unpaired) electrons. The number of carbonyl (C=O) groups is 1. The minimum Gasteiger partial charge on any atom is -0.464 e. The van der Waals surface area contributed by atoms with Crippen LogP contribution in [0.15, 0.2) is 12.1 Å². The quantitative estimate of drug-likeness (QED) is 0.873. The maximum Gasteiger partial charge on any atom is 0.360 e. The van der Waals surface area contributed by atoms with Gasteiger partial charge in [-0.15, -0.1) is 16.4 Å². The summed E-state index contributed by atoms with van der Waals surface area (Å²) in [7, 11) is 1.35. The molecule has 1 N–H and O–H groups in total. The van der Waals surface area contributed by atoms with Gasteiger partial charge >= 0.3 is 5.97 Å². The Labute approximate surface area is 131 Å². The van der Waals surface area contributed by atoms with E-state index in [1.54, 1.807) is 4.68 Å². The molecule has 0 amide bonds. The smallest absolute Gasteiger partial charge is 0.360 e. The zero-order valence-corrected chi connectivity index (χ0v) is 13.1. The summed E-state index contributed by atoms with van der Waals surface area (Å²) in [5.74, 6) is -0.450. The van der Waals surface area contributed by atoms with Crippen molar-refractivity contribution in [2.75, 3.05) is 13.7 Å². The summed E-state index contributed by atoms with van der Waals surface area (Å²) in [5, 5.41) is 11.5. The Balaban J connectivity index is 1.95. The summed E-state index contributed by atoms with van der Waals surface area (Å²) in [6, 6.07) is 3.90. The van der Waals surface area contributed by atoms with E-state index in [4.69, 9.17) is 16.3 Å². The summed E-state index contributed by atoms with van der Waals surface area (Å²) in [6.45, 7) is 1.48. The number of nitrogens with zero attached hydrogens (tertiary/aromatic N) is 3. The van der Waals surface area contributed by atoms with Gasteiger partial charge in [0.1, 0.15) is 0 Å². The number of rotatable bonds is 4. The molecule has 3 rings (SSSR count). The molecule has 0 aliphatic carbocycles. The van der Waals surface area contributed by atoms with E-state index in [2.05, 4.69) is 15.6 Å². The number of halogens is 1. The maximum atomic E-state index is 11.9. The van der Waals surface area contributed by atoms with Crippen LogP contribution in [0.25, 0.3) is 0 Å². The van der Waals surface area contributed by atoms with Crippen LogP contribution >= 0.6 is 22.9 Å². The molecule has 1 aliphatic heterocycles. The molecule has 6 nitrogen and oxygen atoms in total. The predicted molar refractivity (Wildman–Crippen MR) is 79.8 cm³/mol. The number of methoxy groups -OCH3 is 1. The van der Waals surface area contributed by atoms with E-state index in [0.29, 0.717) is 12.2 Å². The molecular formula is C13H15ClN4O2S. The van der Waals surface area contributed by atoms with Gasteiger partial charge in [0.25, 0.3) is 0 Å². The van der Waals surface area contributed by atoms with Gasteiger partial charge in [-0.2, -0.15) is 0 Å². The lowest BCUT2D eigenvalue weighted by molar-refractivity contribution is 0.0591. The highest BCUT2D eigenvalue weighted by atomic mass is 35.5. The lowest BCUT2D eigenvalue weighted by Gasteiger charge is -2.13. The largest absolute Gasteiger partial charge is 0.464 e. The van der Waals surface area contributed by atoms with E-state index < -0.39 is 5.97 Å². The first-order chi connectivity index (χ1) is 10.2. The molecule has 0 bridgehead atoms. The first-order valence-corrected chi connectivity index (χ1v) is 7.88. The third-order valence-electron chi connectivity index (χ3n) is 3.48. The lowest BCUT2D eigenvalue weighted by Crippen LogP contribution is -2.21. The highest BCUT2D eigenvalue weighted by Gasteiger charge is 2.29. The van der Waals surface area contributed by atoms with Gasteiger partial charge in [-0.25, -0.2) is 9.48 Å². The van der Waals surface area contributed by atoms with Crippen LogP contribution in [-0.2, 0) is 11.3 Å². The molecule has 1 atom stereocenters. The van der Waals surface area contributed by atoms with Gasteiger partial charge in [-0.05, 0) is 31.5 Å². The van der Waals surface area contributed by atoms with Crippen molar-refractivity contribution in [3.63, 3.8) is 0 Å². The molecule has 3 heterocycles. The molecular weight excluding hydrogens is 312 g/mol. The zero-order chi connectivity index (χ0) is 14.8. The molecule has 2 aromatic heterocycles. The molecule has 2 aromatic rings. The van der Waals surface area contributed by atoms with Crippen LogP contribution in [-0.4, -0.2) is 34.6 Å². The number of hydrogen-bond donors (Lipinski definition) is 1. The zero-order valence-electron chi connectivity index (χ0n) is 11.5. The number of nitrogens with one attached hydrogen (secondary N) is 1. The molecule has 1 saturated heterocycles. The average molecular weight is 327 g/mol. The first kappa shape index (κ1) is 14.5. The van der Waals surface area contributed by atoms with Gasteiger partial charge in [0.15, 0.2) is 5.69 Å². The molecule has 1 fully saturated rings. The van der Waals surface area contributed by atoms with Gasteiger partial charge in [0.05, 0.1) is 29.7 Å². The van der Waals surface area contributed by atoms with E-state index >= 15 is 0 Å². The summed E-state index contributed by atoms with van der Waals surface area (Å²) >= 11 is 7.46. The van der Waals surface area contributed by atoms with Crippen LogP contribution in [0.3, 0.4) is 0 Å². The fraction of sp³-hybridized carbons (Fsp3) is 0.462. The van der Waals surface area contributed by atoms with E-state index in [1.807, 2.05) is 12.1 Å². The number of thiophene rings is 1. The monoisotopic (exact) mass is 326 g/mol. The Bertz CT molecular complexity index is 648. The summed E-state index contributed by atoms with van der Waals surface area (Å²) in [6.07, 6.45) is 2.03. The van der Waals surface area contributed by atoms with Gasteiger partial charge in [0, 0.05) is 4.88 Å². The van der Waals surface area contributed by atoms with Crippen LogP contribution in [0, 0.1) is 0 Å². The molecule has 112 valence electrons. The topological polar surface area (TPSA) is 69.0 Å². The third kappa shape index (κ3) is 2.95. The number of hydrogen-bond acceptors (Lipinski definition) is 6. The Morgan fingerprint density at radius 1 is 1.62 bits per heavy atom. The van der Waals surface area contributed by atoms with Crippen LogP contribution in [0.1, 0.15) is 39.9 Å². The van der Waals surface area contributed by atoms with Gasteiger partial charge in [-0.1, -0.05) is 16.8 Å². The van der Waals surface area contributed by atoms with Crippen LogP contribution in [0.4, 0.5) is 0 Å². The third-order valence-corrected chi connectivity index (χ3v) is 4.69. The summed E-state index contributed by atoms with van der Waals surface area (Å²) < 4.78 is 7.30. The standard InChI is InChI=1S/C13H15ClN4O2S/c1-20-13(19)11-12(9-3-2-6-15-9)18(17-16-11)7-8-4-5-10(14)21-8/h4-5,9,15H,2-3,6-7H2,1H3. The highest BCUT2D eigenvalue weighted by molar-refractivity contribution is 7.16. The molecule has 1 aliphatic rings. The number of esters is 1. The second-order valence-corrected chi connectivity index (χ2v) is 6.63. The van der Waals surface area contributed by atoms with Crippen molar-refractivity contribution in [1.29, 1.82) is 0 Å². The molecule has 21 heavy (non-hydrogen) atoms. The maximum absolute atomic E-state index is 11.9. The van der Waals surface area contributed by atoms with E-state index in [0.717, 1.165) is 34.3 Å². The Hall–Kier alpha value is -1.44. The van der Waals surface area contributed by atoms with Crippen molar-refractivity contribution in [2.45, 2.75) is 25.4 Å². The fourth-order valence-corrected chi connectivity index (χ4v) is 3.60. The predicted octanol–water partition coefficient (Wildman–Crippen LogP) is 2.25. The SMILES string of the molecule is COC(=O)c1nnn(Cc2ccc(Cl)s2)c1C1CCCN1. The van der Waals surface area contributed by atoms with Crippen LogP contribution in [0.5, 0.6) is 0 Å². The summed E-state index contributed by atoms with van der Waals surface area (Å²) in [5.41, 5.74) is 1.09. The molecule has 0 saturated carbocycles. The molecule has 0 aromatic carbocycles. The number of carbonyl (C=O) groups excluding carboxylic acids is 1. The van der Waals surface area contributed by atoms with Gasteiger partial charge in [0.2, 0.25) is 0 Å². The second kappa shape index (κ2) is 6.13. The lowest BCUT2D eigenvalue weighted by atomic mass is 10.1. The van der Waals surface area contributed by atoms with Crippen molar-refractivity contribution in [2.24, 2.45) is 0 Å². The van der Waals surface area contributed by atoms with Crippen LogP contribution < -0.4 is 5.32 Å². The Morgan fingerprint density at radius 2 is 2.48 bits per heavy atom. The normalized spacial score (nSPS) is 18.1. The van der Waals surface area contributed by atoms with E-state index in [1.165, 1.54) is 18.4 Å². The van der Waals surface area contributed by atoms with Crippen molar-refractivity contribution in [3.8, 4) is 0 Å². The first-order valence-electron chi connectivity index (χ1n) is 6.68. The van der Waals surface area contributed by atoms with Crippen molar-refractivity contribution in [1.82, 2.24) is 20.3 Å². The molecule has 8 heteroatoms. The number of aromatic nitrogens is 3.